The van der Waals surface area contributed by atoms with Crippen LogP contribution >= 0.6 is 11.6 Å². The van der Waals surface area contributed by atoms with Gasteiger partial charge in [-0.25, -0.2) is 8.42 Å². The molecule has 0 bridgehead atoms. The lowest BCUT2D eigenvalue weighted by Crippen LogP contribution is -2.41. The molecule has 1 fully saturated rings. The second-order valence-corrected chi connectivity index (χ2v) is 7.79. The Balaban J connectivity index is 2.34. The molecule has 118 valence electrons. The minimum absolute atomic E-state index is 0.200. The van der Waals surface area contributed by atoms with Crippen LogP contribution in [0.5, 0.6) is 0 Å². The molecule has 1 aliphatic heterocycles. The number of halogens is 1. The van der Waals surface area contributed by atoms with Gasteiger partial charge >= 0.3 is 0 Å². The number of piperidine rings is 1. The first-order valence-electron chi connectivity index (χ1n) is 6.91. The summed E-state index contributed by atoms with van der Waals surface area (Å²) in [5.74, 6) is 0.232. The van der Waals surface area contributed by atoms with Crippen molar-refractivity contribution in [2.45, 2.75) is 24.7 Å². The second kappa shape index (κ2) is 6.52. The van der Waals surface area contributed by atoms with Crippen molar-refractivity contribution in [1.82, 2.24) is 4.31 Å². The highest BCUT2D eigenvalue weighted by atomic mass is 35.5. The molecule has 0 saturated carbocycles. The predicted molar refractivity (Wildman–Crippen MR) is 84.0 cm³/mol. The molecule has 5 nitrogen and oxygen atoms in total. The van der Waals surface area contributed by atoms with Gasteiger partial charge in [0.25, 0.3) is 0 Å². The van der Waals surface area contributed by atoms with E-state index >= 15 is 0 Å². The van der Waals surface area contributed by atoms with Gasteiger partial charge < -0.3 is 10.5 Å². The summed E-state index contributed by atoms with van der Waals surface area (Å²) < 4.78 is 32.3. The van der Waals surface area contributed by atoms with Gasteiger partial charge in [-0.1, -0.05) is 11.6 Å². The first kappa shape index (κ1) is 16.5. The lowest BCUT2D eigenvalue weighted by Gasteiger charge is -2.32. The van der Waals surface area contributed by atoms with Crippen LogP contribution < -0.4 is 5.73 Å². The molecule has 1 atom stereocenters. The summed E-state index contributed by atoms with van der Waals surface area (Å²) >= 11 is 5.96. The van der Waals surface area contributed by atoms with Gasteiger partial charge in [-0.15, -0.1) is 0 Å². The maximum Gasteiger partial charge on any atom is 0.243 e. The molecule has 1 saturated heterocycles. The Morgan fingerprint density at radius 1 is 1.48 bits per heavy atom. The van der Waals surface area contributed by atoms with Gasteiger partial charge in [0.05, 0.1) is 11.5 Å². The average molecular weight is 333 g/mol. The zero-order valence-corrected chi connectivity index (χ0v) is 13.9. The molecule has 0 spiro atoms. The molecule has 0 aromatic heterocycles. The molecule has 1 unspecified atom stereocenters. The van der Waals surface area contributed by atoms with E-state index in [-0.39, 0.29) is 10.8 Å². The van der Waals surface area contributed by atoms with Crippen molar-refractivity contribution in [2.24, 2.45) is 5.92 Å². The van der Waals surface area contributed by atoms with Crippen LogP contribution in [0.3, 0.4) is 0 Å². The van der Waals surface area contributed by atoms with E-state index in [1.807, 2.05) is 0 Å². The first-order chi connectivity index (χ1) is 9.86. The number of methoxy groups -OCH3 is 1. The fourth-order valence-corrected chi connectivity index (χ4v) is 4.82. The lowest BCUT2D eigenvalue weighted by atomic mass is 10.0. The third-order valence-corrected chi connectivity index (χ3v) is 6.08. The summed E-state index contributed by atoms with van der Waals surface area (Å²) in [7, 11) is -1.94. The quantitative estimate of drug-likeness (QED) is 0.858. The van der Waals surface area contributed by atoms with Gasteiger partial charge in [0.1, 0.15) is 0 Å². The zero-order chi connectivity index (χ0) is 15.6. The predicted octanol–water partition coefficient (Wildman–Crippen LogP) is 2.28. The number of hydrogen-bond acceptors (Lipinski definition) is 4. The summed E-state index contributed by atoms with van der Waals surface area (Å²) in [4.78, 5) is 0.200. The number of sulfonamides is 1. The Bertz CT molecular complexity index is 617. The van der Waals surface area contributed by atoms with Crippen LogP contribution in [0.15, 0.2) is 17.0 Å². The lowest BCUT2D eigenvalue weighted by molar-refractivity contribution is 0.118. The number of nitrogens with two attached hydrogens (primary N) is 1. The molecular weight excluding hydrogens is 312 g/mol. The summed E-state index contributed by atoms with van der Waals surface area (Å²) in [5.41, 5.74) is 6.78. The molecule has 21 heavy (non-hydrogen) atoms. The number of benzene rings is 1. The van der Waals surface area contributed by atoms with Crippen LogP contribution in [-0.4, -0.2) is 39.5 Å². The molecular formula is C14H21ClN2O3S. The molecule has 0 radical (unpaired) electrons. The van der Waals surface area contributed by atoms with Crippen LogP contribution in [0.2, 0.25) is 5.02 Å². The number of ether oxygens (including phenoxy) is 1. The van der Waals surface area contributed by atoms with Gasteiger partial charge in [0, 0.05) is 30.9 Å². The summed E-state index contributed by atoms with van der Waals surface area (Å²) in [5, 5.41) is 0.335. The van der Waals surface area contributed by atoms with Crippen molar-refractivity contribution in [3.8, 4) is 0 Å². The van der Waals surface area contributed by atoms with E-state index in [0.717, 1.165) is 12.8 Å². The Labute approximate surface area is 131 Å². The average Bonchev–Trinajstić information content (AvgIpc) is 2.43. The fraction of sp³-hybridized carbons (Fsp3) is 0.571. The molecule has 0 amide bonds. The Kier molecular flexibility index (Phi) is 5.14. The highest BCUT2D eigenvalue weighted by molar-refractivity contribution is 7.89. The molecule has 1 aromatic carbocycles. The van der Waals surface area contributed by atoms with Gasteiger partial charge in [0.15, 0.2) is 0 Å². The number of nitrogen functional groups attached to an aromatic ring is 1. The second-order valence-electron chi connectivity index (χ2n) is 5.44. The molecule has 2 rings (SSSR count). The minimum Gasteiger partial charge on any atom is -0.398 e. The molecule has 1 aromatic rings. The number of hydrogen-bond donors (Lipinski definition) is 1. The van der Waals surface area contributed by atoms with Crippen molar-refractivity contribution in [3.63, 3.8) is 0 Å². The first-order valence-corrected chi connectivity index (χ1v) is 8.72. The topological polar surface area (TPSA) is 72.6 Å². The van der Waals surface area contributed by atoms with E-state index in [1.54, 1.807) is 20.1 Å². The van der Waals surface area contributed by atoms with Crippen molar-refractivity contribution < 1.29 is 13.2 Å². The van der Waals surface area contributed by atoms with Crippen LogP contribution in [0.1, 0.15) is 18.4 Å². The van der Waals surface area contributed by atoms with Crippen molar-refractivity contribution in [1.29, 1.82) is 0 Å². The summed E-state index contributed by atoms with van der Waals surface area (Å²) in [6, 6.07) is 3.04. The standard InChI is InChI=1S/C14H21ClN2O3S/c1-10-13(16)6-12(15)7-14(10)21(18,19)17-5-3-4-11(8-17)9-20-2/h6-7,11H,3-5,8-9,16H2,1-2H3. The fourth-order valence-electron chi connectivity index (χ4n) is 2.70. The summed E-state index contributed by atoms with van der Waals surface area (Å²) in [6.45, 7) is 3.27. The maximum absolute atomic E-state index is 12.8. The smallest absolute Gasteiger partial charge is 0.243 e. The van der Waals surface area contributed by atoms with Crippen LogP contribution in [0, 0.1) is 12.8 Å². The van der Waals surface area contributed by atoms with Crippen molar-refractivity contribution in [2.75, 3.05) is 32.5 Å². The molecule has 1 aliphatic rings. The highest BCUT2D eigenvalue weighted by Gasteiger charge is 2.31. The van der Waals surface area contributed by atoms with Gasteiger partial charge in [-0.3, -0.25) is 0 Å². The SMILES string of the molecule is COCC1CCCN(S(=O)(=O)c2cc(Cl)cc(N)c2C)C1. The molecule has 1 heterocycles. The van der Waals surface area contributed by atoms with E-state index in [4.69, 9.17) is 22.1 Å². The van der Waals surface area contributed by atoms with Gasteiger partial charge in [-0.2, -0.15) is 4.31 Å². The van der Waals surface area contributed by atoms with E-state index in [0.29, 0.717) is 36.0 Å². The van der Waals surface area contributed by atoms with Crippen LogP contribution in [0.4, 0.5) is 5.69 Å². The van der Waals surface area contributed by atoms with E-state index < -0.39 is 10.0 Å². The van der Waals surface area contributed by atoms with Crippen molar-refractivity contribution in [3.05, 3.63) is 22.7 Å². The minimum atomic E-state index is -3.58. The van der Waals surface area contributed by atoms with Gasteiger partial charge in [-0.05, 0) is 43.4 Å². The normalized spacial score (nSPS) is 20.6. The Morgan fingerprint density at radius 2 is 2.19 bits per heavy atom. The van der Waals surface area contributed by atoms with Gasteiger partial charge in [0.2, 0.25) is 10.0 Å². The number of anilines is 1. The zero-order valence-electron chi connectivity index (χ0n) is 12.3. The highest BCUT2D eigenvalue weighted by Crippen LogP contribution is 2.30. The third kappa shape index (κ3) is 3.51. The van der Waals surface area contributed by atoms with Crippen LogP contribution in [-0.2, 0) is 14.8 Å². The summed E-state index contributed by atoms with van der Waals surface area (Å²) in [6.07, 6.45) is 1.82. The maximum atomic E-state index is 12.8. The largest absolute Gasteiger partial charge is 0.398 e. The monoisotopic (exact) mass is 332 g/mol. The van der Waals surface area contributed by atoms with E-state index in [9.17, 15) is 8.42 Å². The van der Waals surface area contributed by atoms with Crippen molar-refractivity contribution >= 4 is 27.3 Å². The number of nitrogens with zero attached hydrogens (tertiary/aromatic N) is 1. The molecule has 2 N–H and O–H groups in total. The Morgan fingerprint density at radius 3 is 2.86 bits per heavy atom. The van der Waals surface area contributed by atoms with Crippen LogP contribution in [0.25, 0.3) is 0 Å². The molecule has 0 aliphatic carbocycles. The third-order valence-electron chi connectivity index (χ3n) is 3.87. The van der Waals surface area contributed by atoms with E-state index in [2.05, 4.69) is 0 Å². The Hall–Kier alpha value is -0.820. The molecule has 7 heteroatoms. The number of rotatable bonds is 4. The van der Waals surface area contributed by atoms with E-state index in [1.165, 1.54) is 10.4 Å².